The second-order valence-corrected chi connectivity index (χ2v) is 7.93. The molecule has 0 bridgehead atoms. The average molecular weight is 491 g/mol. The standard InChI is InChI=1S/C25H21F4NO5/c26-20-9-14(25(27,28)29)3-7-17(20)19-11-30-21-10-15(31)4-8-18(21)23(19)24(34)13-1-5-16(6-2-13)35-12-22(32)33/h1-10,22,24,30-34H,11-12H2. The molecule has 0 fully saturated rings. The lowest BCUT2D eigenvalue weighted by Crippen LogP contribution is -2.18. The largest absolute Gasteiger partial charge is 0.508 e. The quantitative estimate of drug-likeness (QED) is 0.260. The first kappa shape index (κ1) is 24.5. The Kier molecular flexibility index (Phi) is 6.70. The molecule has 0 saturated carbocycles. The Bertz CT molecular complexity index is 1260. The first-order valence-corrected chi connectivity index (χ1v) is 10.5. The van der Waals surface area contributed by atoms with E-state index in [1.165, 1.54) is 42.5 Å². The van der Waals surface area contributed by atoms with Gasteiger partial charge in [-0.25, -0.2) is 4.39 Å². The molecule has 35 heavy (non-hydrogen) atoms. The van der Waals surface area contributed by atoms with E-state index in [-0.39, 0.29) is 35.6 Å². The number of rotatable bonds is 6. The molecule has 3 aromatic carbocycles. The van der Waals surface area contributed by atoms with Gasteiger partial charge in [0.05, 0.1) is 5.56 Å². The molecule has 1 aliphatic rings. The second-order valence-electron chi connectivity index (χ2n) is 7.93. The maximum atomic E-state index is 14.9. The number of halogens is 4. The fourth-order valence-electron chi connectivity index (χ4n) is 3.93. The van der Waals surface area contributed by atoms with Crippen molar-refractivity contribution in [2.45, 2.75) is 18.6 Å². The van der Waals surface area contributed by atoms with E-state index in [2.05, 4.69) is 5.32 Å². The van der Waals surface area contributed by atoms with Gasteiger partial charge in [-0.05, 0) is 53.1 Å². The zero-order chi connectivity index (χ0) is 25.3. The van der Waals surface area contributed by atoms with Gasteiger partial charge in [-0.15, -0.1) is 0 Å². The lowest BCUT2D eigenvalue weighted by atomic mass is 9.84. The molecule has 0 saturated heterocycles. The van der Waals surface area contributed by atoms with Crippen LogP contribution in [0.25, 0.3) is 11.1 Å². The maximum Gasteiger partial charge on any atom is 0.416 e. The smallest absolute Gasteiger partial charge is 0.416 e. The van der Waals surface area contributed by atoms with Crippen molar-refractivity contribution in [2.75, 3.05) is 18.5 Å². The van der Waals surface area contributed by atoms with E-state index in [1.54, 1.807) is 0 Å². The van der Waals surface area contributed by atoms with Gasteiger partial charge in [0.25, 0.3) is 0 Å². The summed E-state index contributed by atoms with van der Waals surface area (Å²) in [6.45, 7) is -0.367. The van der Waals surface area contributed by atoms with Crippen molar-refractivity contribution in [1.82, 2.24) is 0 Å². The molecule has 184 valence electrons. The van der Waals surface area contributed by atoms with Crippen molar-refractivity contribution < 1.29 is 42.7 Å². The number of nitrogens with one attached hydrogen (secondary N) is 1. The highest BCUT2D eigenvalue weighted by Gasteiger charge is 2.33. The summed E-state index contributed by atoms with van der Waals surface area (Å²) >= 11 is 0. The minimum Gasteiger partial charge on any atom is -0.508 e. The Morgan fingerprint density at radius 1 is 0.914 bits per heavy atom. The number of anilines is 1. The fraction of sp³-hybridized carbons (Fsp3) is 0.200. The van der Waals surface area contributed by atoms with E-state index in [4.69, 9.17) is 14.9 Å². The van der Waals surface area contributed by atoms with Crippen molar-refractivity contribution in [3.05, 3.63) is 88.7 Å². The molecule has 1 aliphatic heterocycles. The van der Waals surface area contributed by atoms with Crippen LogP contribution in [-0.4, -0.2) is 39.9 Å². The van der Waals surface area contributed by atoms with Gasteiger partial charge in [-0.1, -0.05) is 18.2 Å². The van der Waals surface area contributed by atoms with Gasteiger partial charge < -0.3 is 30.5 Å². The van der Waals surface area contributed by atoms with Crippen LogP contribution >= 0.6 is 0 Å². The zero-order valence-electron chi connectivity index (χ0n) is 18.1. The van der Waals surface area contributed by atoms with Gasteiger partial charge in [0.2, 0.25) is 0 Å². The van der Waals surface area contributed by atoms with E-state index in [0.29, 0.717) is 28.6 Å². The summed E-state index contributed by atoms with van der Waals surface area (Å²) in [6.07, 6.45) is -7.68. The molecule has 1 atom stereocenters. The fourth-order valence-corrected chi connectivity index (χ4v) is 3.93. The van der Waals surface area contributed by atoms with Crippen molar-refractivity contribution in [2.24, 2.45) is 0 Å². The first-order valence-electron chi connectivity index (χ1n) is 10.5. The van der Waals surface area contributed by atoms with E-state index >= 15 is 0 Å². The Morgan fingerprint density at radius 3 is 2.23 bits per heavy atom. The number of hydrogen-bond acceptors (Lipinski definition) is 6. The van der Waals surface area contributed by atoms with Crippen LogP contribution < -0.4 is 10.1 Å². The lowest BCUT2D eigenvalue weighted by molar-refractivity contribution is -0.137. The summed E-state index contributed by atoms with van der Waals surface area (Å²) in [7, 11) is 0. The van der Waals surface area contributed by atoms with E-state index in [9.17, 15) is 27.8 Å². The van der Waals surface area contributed by atoms with Crippen molar-refractivity contribution in [3.8, 4) is 11.5 Å². The lowest BCUT2D eigenvalue weighted by Gasteiger charge is -2.29. The number of benzene rings is 3. The Morgan fingerprint density at radius 2 is 1.60 bits per heavy atom. The maximum absolute atomic E-state index is 14.9. The van der Waals surface area contributed by atoms with Crippen LogP contribution in [0.5, 0.6) is 11.5 Å². The number of aromatic hydroxyl groups is 1. The van der Waals surface area contributed by atoms with Crippen molar-refractivity contribution >= 4 is 16.8 Å². The molecule has 1 heterocycles. The number of ether oxygens (including phenoxy) is 1. The van der Waals surface area contributed by atoms with Gasteiger partial charge in [-0.3, -0.25) is 0 Å². The number of aliphatic hydroxyl groups excluding tert-OH is 2. The number of phenolic OH excluding ortho intramolecular Hbond substituents is 1. The van der Waals surface area contributed by atoms with Gasteiger partial charge in [0, 0.05) is 29.4 Å². The summed E-state index contributed by atoms with van der Waals surface area (Å²) in [5.41, 5.74) is 0.575. The highest BCUT2D eigenvalue weighted by molar-refractivity contribution is 6.00. The van der Waals surface area contributed by atoms with Crippen LogP contribution in [0.4, 0.5) is 23.2 Å². The minimum atomic E-state index is -4.71. The number of hydrogen-bond donors (Lipinski definition) is 5. The van der Waals surface area contributed by atoms with Gasteiger partial charge in [-0.2, -0.15) is 13.2 Å². The Labute approximate surface area is 197 Å². The zero-order valence-corrected chi connectivity index (χ0v) is 18.1. The molecule has 5 N–H and O–H groups in total. The van der Waals surface area contributed by atoms with Gasteiger partial charge in [0.1, 0.15) is 30.0 Å². The third-order valence-electron chi connectivity index (χ3n) is 5.56. The monoisotopic (exact) mass is 491 g/mol. The number of fused-ring (bicyclic) bond motifs is 1. The second kappa shape index (κ2) is 9.57. The topological polar surface area (TPSA) is 102 Å². The van der Waals surface area contributed by atoms with Crippen LogP contribution in [0.1, 0.15) is 28.4 Å². The molecule has 4 rings (SSSR count). The minimum absolute atomic E-state index is 0.0132. The SMILES string of the molecule is Oc1ccc2c(c1)NCC(c1ccc(C(F)(F)F)cc1F)=C2C(O)c1ccc(OCC(O)O)cc1. The summed E-state index contributed by atoms with van der Waals surface area (Å²) in [5, 5.41) is 42.0. The molecule has 10 heteroatoms. The Hall–Kier alpha value is -3.60. The Balaban J connectivity index is 1.80. The molecule has 0 spiro atoms. The molecule has 0 amide bonds. The predicted octanol–water partition coefficient (Wildman–Crippen LogP) is 4.31. The normalized spacial score (nSPS) is 14.5. The van der Waals surface area contributed by atoms with Gasteiger partial charge >= 0.3 is 6.18 Å². The molecule has 0 aliphatic carbocycles. The number of aliphatic hydroxyl groups is 3. The first-order chi connectivity index (χ1) is 16.5. The summed E-state index contributed by atoms with van der Waals surface area (Å²) in [6, 6.07) is 12.6. The molecule has 0 radical (unpaired) electrons. The van der Waals surface area contributed by atoms with Crippen LogP contribution in [0.15, 0.2) is 60.7 Å². The predicted molar refractivity (Wildman–Crippen MR) is 120 cm³/mol. The van der Waals surface area contributed by atoms with Crippen LogP contribution in [0.3, 0.4) is 0 Å². The molecule has 6 nitrogen and oxygen atoms in total. The molecule has 3 aromatic rings. The van der Waals surface area contributed by atoms with E-state index < -0.39 is 30.0 Å². The van der Waals surface area contributed by atoms with Crippen LogP contribution in [0, 0.1) is 5.82 Å². The number of alkyl halides is 3. The summed E-state index contributed by atoms with van der Waals surface area (Å²) in [5.74, 6) is -0.815. The van der Waals surface area contributed by atoms with Crippen molar-refractivity contribution in [3.63, 3.8) is 0 Å². The highest BCUT2D eigenvalue weighted by atomic mass is 19.4. The van der Waals surface area contributed by atoms with Crippen LogP contribution in [-0.2, 0) is 6.18 Å². The van der Waals surface area contributed by atoms with E-state index in [1.807, 2.05) is 0 Å². The number of phenols is 1. The highest BCUT2D eigenvalue weighted by Crippen LogP contribution is 2.44. The average Bonchev–Trinajstić information content (AvgIpc) is 2.81. The van der Waals surface area contributed by atoms with Crippen molar-refractivity contribution in [1.29, 1.82) is 0 Å². The summed E-state index contributed by atoms with van der Waals surface area (Å²) < 4.78 is 59.2. The van der Waals surface area contributed by atoms with Crippen LogP contribution in [0.2, 0.25) is 0 Å². The third kappa shape index (κ3) is 5.24. The third-order valence-corrected chi connectivity index (χ3v) is 5.56. The summed E-state index contributed by atoms with van der Waals surface area (Å²) in [4.78, 5) is 0. The molecule has 1 unspecified atom stereocenters. The molecule has 0 aromatic heterocycles. The molecular weight excluding hydrogens is 470 g/mol. The van der Waals surface area contributed by atoms with E-state index in [0.717, 1.165) is 12.1 Å². The van der Waals surface area contributed by atoms with Gasteiger partial charge in [0.15, 0.2) is 6.29 Å². The molecular formula is C25H21F4NO5.